The molecule has 4 heteroatoms. The molecule has 2 aromatic carbocycles. The molecule has 2 amide bonds. The Morgan fingerprint density at radius 3 is 1.88 bits per heavy atom. The molecule has 0 saturated carbocycles. The Kier molecular flexibility index (Phi) is 5.74. The smallest absolute Gasteiger partial charge is 0.255 e. The van der Waals surface area contributed by atoms with Gasteiger partial charge in [-0.25, -0.2) is 0 Å². The number of benzene rings is 2. The third-order valence-corrected chi connectivity index (χ3v) is 3.80. The van der Waals surface area contributed by atoms with Gasteiger partial charge in [0, 0.05) is 23.4 Å². The fourth-order valence-corrected chi connectivity index (χ4v) is 2.37. The van der Waals surface area contributed by atoms with E-state index in [9.17, 15) is 9.59 Å². The molecule has 0 spiro atoms. The van der Waals surface area contributed by atoms with Crippen LogP contribution < -0.4 is 10.6 Å². The van der Waals surface area contributed by atoms with Gasteiger partial charge >= 0.3 is 0 Å². The van der Waals surface area contributed by atoms with Gasteiger partial charge in [-0.3, -0.25) is 9.59 Å². The summed E-state index contributed by atoms with van der Waals surface area (Å²) in [6.45, 7) is 8.64. The molecule has 4 nitrogen and oxygen atoms in total. The number of hydrogen-bond donors (Lipinski definition) is 2. The van der Waals surface area contributed by atoms with E-state index in [1.165, 1.54) is 0 Å². The summed E-state index contributed by atoms with van der Waals surface area (Å²) in [5.41, 5.74) is 3.96. The van der Waals surface area contributed by atoms with Crippen molar-refractivity contribution in [2.45, 2.75) is 27.7 Å². The Morgan fingerprint density at radius 1 is 0.875 bits per heavy atom. The predicted molar refractivity (Wildman–Crippen MR) is 97.5 cm³/mol. The number of amides is 2. The Labute approximate surface area is 143 Å². The number of hydrogen-bond acceptors (Lipinski definition) is 2. The Balaban J connectivity index is 2.07. The van der Waals surface area contributed by atoms with Crippen LogP contribution in [0, 0.1) is 19.8 Å². The molecule has 126 valence electrons. The Morgan fingerprint density at radius 2 is 1.38 bits per heavy atom. The summed E-state index contributed by atoms with van der Waals surface area (Å²) in [6, 6.07) is 12.6. The molecule has 0 aliphatic heterocycles. The lowest BCUT2D eigenvalue weighted by Crippen LogP contribution is -2.27. The SMILES string of the molecule is Cc1cccc(C)c1NC(=O)c1ccc(C(=O)NCC(C)C)cc1. The van der Waals surface area contributed by atoms with Gasteiger partial charge in [-0.05, 0) is 55.2 Å². The van der Waals surface area contributed by atoms with Crippen molar-refractivity contribution < 1.29 is 9.59 Å². The average Bonchev–Trinajstić information content (AvgIpc) is 2.56. The first-order chi connectivity index (χ1) is 11.4. The van der Waals surface area contributed by atoms with Crippen molar-refractivity contribution in [2.24, 2.45) is 5.92 Å². The molecule has 0 bridgehead atoms. The molecule has 0 aliphatic carbocycles. The van der Waals surface area contributed by atoms with Crippen LogP contribution in [0.1, 0.15) is 45.7 Å². The fraction of sp³-hybridized carbons (Fsp3) is 0.300. The minimum absolute atomic E-state index is 0.120. The van der Waals surface area contributed by atoms with Gasteiger partial charge in [-0.15, -0.1) is 0 Å². The number of carbonyl (C=O) groups is 2. The van der Waals surface area contributed by atoms with E-state index in [1.807, 2.05) is 45.9 Å². The van der Waals surface area contributed by atoms with E-state index < -0.39 is 0 Å². The lowest BCUT2D eigenvalue weighted by molar-refractivity contribution is 0.0947. The minimum Gasteiger partial charge on any atom is -0.352 e. The first kappa shape index (κ1) is 17.7. The third-order valence-electron chi connectivity index (χ3n) is 3.80. The largest absolute Gasteiger partial charge is 0.352 e. The van der Waals surface area contributed by atoms with E-state index in [0.29, 0.717) is 23.6 Å². The standard InChI is InChI=1S/C20H24N2O2/c1-13(2)12-21-19(23)16-8-10-17(11-9-16)20(24)22-18-14(3)6-5-7-15(18)4/h5-11,13H,12H2,1-4H3,(H,21,23)(H,22,24). The molecule has 0 heterocycles. The highest BCUT2D eigenvalue weighted by atomic mass is 16.2. The van der Waals surface area contributed by atoms with Crippen LogP contribution in [0.5, 0.6) is 0 Å². The summed E-state index contributed by atoms with van der Waals surface area (Å²) in [7, 11) is 0. The predicted octanol–water partition coefficient (Wildman–Crippen LogP) is 3.94. The zero-order valence-electron chi connectivity index (χ0n) is 14.6. The third kappa shape index (κ3) is 4.44. The fourth-order valence-electron chi connectivity index (χ4n) is 2.37. The van der Waals surface area contributed by atoms with Gasteiger partial charge in [-0.2, -0.15) is 0 Å². The van der Waals surface area contributed by atoms with Gasteiger partial charge in [-0.1, -0.05) is 32.0 Å². The normalized spacial score (nSPS) is 10.5. The summed E-state index contributed by atoms with van der Waals surface area (Å²) >= 11 is 0. The zero-order chi connectivity index (χ0) is 17.7. The van der Waals surface area contributed by atoms with Gasteiger partial charge < -0.3 is 10.6 Å². The van der Waals surface area contributed by atoms with Gasteiger partial charge in [0.2, 0.25) is 0 Å². The van der Waals surface area contributed by atoms with Crippen LogP contribution in [0.25, 0.3) is 0 Å². The van der Waals surface area contributed by atoms with Gasteiger partial charge in [0.05, 0.1) is 0 Å². The summed E-state index contributed by atoms with van der Waals surface area (Å²) in [5, 5.41) is 5.81. The molecular weight excluding hydrogens is 300 g/mol. The van der Waals surface area contributed by atoms with Crippen LogP contribution in [0.15, 0.2) is 42.5 Å². The van der Waals surface area contributed by atoms with Crippen molar-refractivity contribution in [3.63, 3.8) is 0 Å². The molecule has 0 saturated heterocycles. The monoisotopic (exact) mass is 324 g/mol. The maximum atomic E-state index is 12.4. The first-order valence-corrected chi connectivity index (χ1v) is 8.14. The number of anilines is 1. The molecular formula is C20H24N2O2. The van der Waals surface area contributed by atoms with Crippen LogP contribution in [0.2, 0.25) is 0 Å². The topological polar surface area (TPSA) is 58.2 Å². The van der Waals surface area contributed by atoms with Crippen molar-refractivity contribution in [2.75, 3.05) is 11.9 Å². The molecule has 0 aliphatic rings. The van der Waals surface area contributed by atoms with Crippen LogP contribution in [-0.2, 0) is 0 Å². The van der Waals surface area contributed by atoms with Crippen molar-refractivity contribution in [1.29, 1.82) is 0 Å². The van der Waals surface area contributed by atoms with Gasteiger partial charge in [0.15, 0.2) is 0 Å². The van der Waals surface area contributed by atoms with Crippen molar-refractivity contribution in [3.05, 3.63) is 64.7 Å². The molecule has 0 unspecified atom stereocenters. The van der Waals surface area contributed by atoms with Crippen molar-refractivity contribution >= 4 is 17.5 Å². The van der Waals surface area contributed by atoms with E-state index in [1.54, 1.807) is 24.3 Å². The number of para-hydroxylation sites is 1. The van der Waals surface area contributed by atoms with E-state index >= 15 is 0 Å². The quantitative estimate of drug-likeness (QED) is 0.875. The average molecular weight is 324 g/mol. The molecule has 24 heavy (non-hydrogen) atoms. The highest BCUT2D eigenvalue weighted by Crippen LogP contribution is 2.20. The summed E-state index contributed by atoms with van der Waals surface area (Å²) in [5.74, 6) is 0.100. The van der Waals surface area contributed by atoms with Crippen molar-refractivity contribution in [3.8, 4) is 0 Å². The number of aryl methyl sites for hydroxylation is 2. The second kappa shape index (κ2) is 7.77. The number of nitrogens with one attached hydrogen (secondary N) is 2. The van der Waals surface area contributed by atoms with E-state index in [4.69, 9.17) is 0 Å². The van der Waals surface area contributed by atoms with E-state index in [2.05, 4.69) is 10.6 Å². The summed E-state index contributed by atoms with van der Waals surface area (Å²) in [6.07, 6.45) is 0. The van der Waals surface area contributed by atoms with Crippen LogP contribution >= 0.6 is 0 Å². The van der Waals surface area contributed by atoms with E-state index in [-0.39, 0.29) is 11.8 Å². The number of carbonyl (C=O) groups excluding carboxylic acids is 2. The highest BCUT2D eigenvalue weighted by Gasteiger charge is 2.11. The summed E-state index contributed by atoms with van der Waals surface area (Å²) < 4.78 is 0. The molecule has 2 rings (SSSR count). The molecule has 2 N–H and O–H groups in total. The lowest BCUT2D eigenvalue weighted by atomic mass is 10.1. The highest BCUT2D eigenvalue weighted by molar-refractivity contribution is 6.05. The maximum Gasteiger partial charge on any atom is 0.255 e. The van der Waals surface area contributed by atoms with Crippen LogP contribution in [0.3, 0.4) is 0 Å². The molecule has 0 radical (unpaired) electrons. The van der Waals surface area contributed by atoms with E-state index in [0.717, 1.165) is 16.8 Å². The van der Waals surface area contributed by atoms with Gasteiger partial charge in [0.25, 0.3) is 11.8 Å². The molecule has 0 aromatic heterocycles. The molecule has 2 aromatic rings. The van der Waals surface area contributed by atoms with Crippen molar-refractivity contribution in [1.82, 2.24) is 5.32 Å². The Bertz CT molecular complexity index is 714. The Hall–Kier alpha value is -2.62. The minimum atomic E-state index is -0.179. The van der Waals surface area contributed by atoms with Crippen LogP contribution in [0.4, 0.5) is 5.69 Å². The second-order valence-corrected chi connectivity index (χ2v) is 6.40. The summed E-state index contributed by atoms with van der Waals surface area (Å²) in [4.78, 5) is 24.4. The van der Waals surface area contributed by atoms with Gasteiger partial charge in [0.1, 0.15) is 0 Å². The first-order valence-electron chi connectivity index (χ1n) is 8.14. The molecule has 0 fully saturated rings. The lowest BCUT2D eigenvalue weighted by Gasteiger charge is -2.12. The zero-order valence-corrected chi connectivity index (χ0v) is 14.6. The molecule has 0 atom stereocenters. The van der Waals surface area contributed by atoms with Crippen LogP contribution in [-0.4, -0.2) is 18.4 Å². The number of rotatable bonds is 5. The second-order valence-electron chi connectivity index (χ2n) is 6.40. The maximum absolute atomic E-state index is 12.4.